The minimum atomic E-state index is -4.48. The van der Waals surface area contributed by atoms with Gasteiger partial charge in [0.15, 0.2) is 5.76 Å². The summed E-state index contributed by atoms with van der Waals surface area (Å²) in [5.74, 6) is -1.30. The maximum atomic E-state index is 12.8. The number of amides is 1. The molecule has 1 amide bonds. The van der Waals surface area contributed by atoms with E-state index < -0.39 is 29.2 Å². The van der Waals surface area contributed by atoms with Gasteiger partial charge in [0, 0.05) is 5.56 Å². The van der Waals surface area contributed by atoms with Crippen LogP contribution in [-0.4, -0.2) is 24.5 Å². The first-order valence-electron chi connectivity index (χ1n) is 7.79. The highest BCUT2D eigenvalue weighted by Gasteiger charge is 2.35. The van der Waals surface area contributed by atoms with Crippen molar-refractivity contribution in [3.05, 3.63) is 47.7 Å². The van der Waals surface area contributed by atoms with E-state index in [1.165, 1.54) is 38.3 Å². The summed E-state index contributed by atoms with van der Waals surface area (Å²) in [7, 11) is 1.21. The molecule has 2 aromatic rings. The molecule has 0 aliphatic rings. The Hall–Kier alpha value is -2.77. The van der Waals surface area contributed by atoms with Crippen molar-refractivity contribution in [2.75, 3.05) is 7.11 Å². The van der Waals surface area contributed by atoms with E-state index in [2.05, 4.69) is 10.1 Å². The monoisotopic (exact) mass is 369 g/mol. The van der Waals surface area contributed by atoms with Crippen LogP contribution in [0.25, 0.3) is 11.3 Å². The molecule has 0 fully saturated rings. The van der Waals surface area contributed by atoms with E-state index in [1.807, 2.05) is 0 Å². The quantitative estimate of drug-likeness (QED) is 0.808. The molecule has 1 heterocycles. The number of methoxy groups -OCH3 is 1. The normalized spacial score (nSPS) is 13.8. The molecule has 1 N–H and O–H groups in total. The number of carbonyl (C=O) groups excluding carboxylic acids is 2. The van der Waals surface area contributed by atoms with Crippen LogP contribution in [0.15, 0.2) is 40.8 Å². The topological polar surface area (TPSA) is 68.5 Å². The SMILES string of the molecule is CCC(C)(NC(=O)c1ccc(-c2cccc(C(F)(F)F)c2)o1)C(=O)OC. The highest BCUT2D eigenvalue weighted by Crippen LogP contribution is 2.32. The molecule has 1 unspecified atom stereocenters. The minimum Gasteiger partial charge on any atom is -0.467 e. The van der Waals surface area contributed by atoms with Crippen LogP contribution in [0.5, 0.6) is 0 Å². The van der Waals surface area contributed by atoms with Crippen molar-refractivity contribution in [3.8, 4) is 11.3 Å². The second-order valence-electron chi connectivity index (χ2n) is 5.87. The van der Waals surface area contributed by atoms with E-state index in [9.17, 15) is 22.8 Å². The Morgan fingerprint density at radius 1 is 1.19 bits per heavy atom. The van der Waals surface area contributed by atoms with Crippen LogP contribution in [0.2, 0.25) is 0 Å². The van der Waals surface area contributed by atoms with Gasteiger partial charge in [0.05, 0.1) is 12.7 Å². The Kier molecular flexibility index (Phi) is 5.44. The van der Waals surface area contributed by atoms with Crippen LogP contribution in [0.4, 0.5) is 13.2 Å². The van der Waals surface area contributed by atoms with E-state index in [1.54, 1.807) is 6.92 Å². The van der Waals surface area contributed by atoms with Gasteiger partial charge in [-0.25, -0.2) is 4.79 Å². The molecular weight excluding hydrogens is 351 g/mol. The highest BCUT2D eigenvalue weighted by atomic mass is 19.4. The first-order valence-corrected chi connectivity index (χ1v) is 7.79. The van der Waals surface area contributed by atoms with Gasteiger partial charge in [-0.1, -0.05) is 19.1 Å². The number of furan rings is 1. The average Bonchev–Trinajstić information content (AvgIpc) is 3.10. The Bertz CT molecular complexity index is 813. The number of ether oxygens (including phenoxy) is 1. The molecule has 0 saturated heterocycles. The molecule has 0 bridgehead atoms. The summed E-state index contributed by atoms with van der Waals surface area (Å²) >= 11 is 0. The number of hydrogen-bond acceptors (Lipinski definition) is 4. The standard InChI is InChI=1S/C18H18F3NO4/c1-4-17(2,16(24)25-3)22-15(23)14-9-8-13(26-14)11-6-5-7-12(10-11)18(19,20)21/h5-10H,4H2,1-3H3,(H,22,23). The van der Waals surface area contributed by atoms with Crippen LogP contribution in [-0.2, 0) is 15.7 Å². The van der Waals surface area contributed by atoms with Crippen molar-refractivity contribution in [2.45, 2.75) is 32.0 Å². The summed E-state index contributed by atoms with van der Waals surface area (Å²) in [5.41, 5.74) is -1.87. The Morgan fingerprint density at radius 3 is 2.46 bits per heavy atom. The third-order valence-corrected chi connectivity index (χ3v) is 4.04. The van der Waals surface area contributed by atoms with Crippen molar-refractivity contribution in [2.24, 2.45) is 0 Å². The van der Waals surface area contributed by atoms with Gasteiger partial charge in [0.1, 0.15) is 11.3 Å². The van der Waals surface area contributed by atoms with Gasteiger partial charge in [-0.05, 0) is 37.6 Å². The summed E-state index contributed by atoms with van der Waals surface area (Å²) in [5, 5.41) is 2.52. The first-order chi connectivity index (χ1) is 12.1. The first kappa shape index (κ1) is 19.6. The van der Waals surface area contributed by atoms with Gasteiger partial charge in [0.2, 0.25) is 0 Å². The van der Waals surface area contributed by atoms with Gasteiger partial charge in [0.25, 0.3) is 5.91 Å². The van der Waals surface area contributed by atoms with Crippen molar-refractivity contribution in [3.63, 3.8) is 0 Å². The second-order valence-corrected chi connectivity index (χ2v) is 5.87. The lowest BCUT2D eigenvalue weighted by molar-refractivity contribution is -0.147. The van der Waals surface area contributed by atoms with E-state index in [4.69, 9.17) is 4.42 Å². The number of halogens is 3. The molecule has 5 nitrogen and oxygen atoms in total. The molecule has 1 atom stereocenters. The third-order valence-electron chi connectivity index (χ3n) is 4.04. The summed E-state index contributed by atoms with van der Waals surface area (Å²) in [4.78, 5) is 24.1. The van der Waals surface area contributed by atoms with Crippen LogP contribution >= 0.6 is 0 Å². The van der Waals surface area contributed by atoms with Gasteiger partial charge in [-0.15, -0.1) is 0 Å². The molecule has 0 aliphatic heterocycles. The van der Waals surface area contributed by atoms with Crippen LogP contribution in [0, 0.1) is 0 Å². The molecule has 0 saturated carbocycles. The lowest BCUT2D eigenvalue weighted by atomic mass is 9.99. The fourth-order valence-corrected chi connectivity index (χ4v) is 2.29. The molecule has 2 rings (SSSR count). The second kappa shape index (κ2) is 7.23. The summed E-state index contributed by atoms with van der Waals surface area (Å²) < 4.78 is 48.5. The number of rotatable bonds is 5. The molecule has 140 valence electrons. The van der Waals surface area contributed by atoms with Gasteiger partial charge in [-0.3, -0.25) is 4.79 Å². The van der Waals surface area contributed by atoms with E-state index in [0.29, 0.717) is 0 Å². The van der Waals surface area contributed by atoms with Crippen LogP contribution in [0.1, 0.15) is 36.4 Å². The smallest absolute Gasteiger partial charge is 0.416 e. The number of alkyl halides is 3. The van der Waals surface area contributed by atoms with Crippen LogP contribution < -0.4 is 5.32 Å². The predicted octanol–water partition coefficient (Wildman–Crippen LogP) is 4.04. The highest BCUT2D eigenvalue weighted by molar-refractivity contribution is 5.96. The Morgan fingerprint density at radius 2 is 1.88 bits per heavy atom. The van der Waals surface area contributed by atoms with Crippen molar-refractivity contribution >= 4 is 11.9 Å². The summed E-state index contributed by atoms with van der Waals surface area (Å²) in [6, 6.07) is 7.31. The molecule has 0 aliphatic carbocycles. The van der Waals surface area contributed by atoms with Crippen molar-refractivity contribution in [1.29, 1.82) is 0 Å². The number of benzene rings is 1. The van der Waals surface area contributed by atoms with Crippen molar-refractivity contribution in [1.82, 2.24) is 5.32 Å². The number of esters is 1. The lowest BCUT2D eigenvalue weighted by Gasteiger charge is -2.25. The fraction of sp³-hybridized carbons (Fsp3) is 0.333. The Balaban J connectivity index is 2.25. The zero-order valence-electron chi connectivity index (χ0n) is 14.4. The molecule has 0 spiro atoms. The number of nitrogens with one attached hydrogen (secondary N) is 1. The van der Waals surface area contributed by atoms with E-state index >= 15 is 0 Å². The zero-order chi connectivity index (χ0) is 19.5. The maximum absolute atomic E-state index is 12.8. The largest absolute Gasteiger partial charge is 0.467 e. The molecule has 8 heteroatoms. The van der Waals surface area contributed by atoms with E-state index in [0.717, 1.165) is 12.1 Å². The fourth-order valence-electron chi connectivity index (χ4n) is 2.29. The molecule has 1 aromatic carbocycles. The van der Waals surface area contributed by atoms with Crippen LogP contribution in [0.3, 0.4) is 0 Å². The van der Waals surface area contributed by atoms with Gasteiger partial charge in [-0.2, -0.15) is 13.2 Å². The van der Waals surface area contributed by atoms with Gasteiger partial charge < -0.3 is 14.5 Å². The number of carbonyl (C=O) groups is 2. The molecule has 26 heavy (non-hydrogen) atoms. The predicted molar refractivity (Wildman–Crippen MR) is 87.3 cm³/mol. The molecule has 0 radical (unpaired) electrons. The van der Waals surface area contributed by atoms with E-state index in [-0.39, 0.29) is 23.5 Å². The average molecular weight is 369 g/mol. The van der Waals surface area contributed by atoms with Crippen molar-refractivity contribution < 1.29 is 31.9 Å². The summed E-state index contributed by atoms with van der Waals surface area (Å²) in [6.07, 6.45) is -4.20. The summed E-state index contributed by atoms with van der Waals surface area (Å²) in [6.45, 7) is 3.21. The lowest BCUT2D eigenvalue weighted by Crippen LogP contribution is -2.52. The minimum absolute atomic E-state index is 0.109. The molecule has 1 aromatic heterocycles. The third kappa shape index (κ3) is 4.07. The Labute approximate surface area is 148 Å². The molecular formula is C18H18F3NO4. The zero-order valence-corrected chi connectivity index (χ0v) is 14.4. The number of hydrogen-bond donors (Lipinski definition) is 1. The maximum Gasteiger partial charge on any atom is 0.416 e. The van der Waals surface area contributed by atoms with Gasteiger partial charge >= 0.3 is 12.1 Å².